The Balaban J connectivity index is 3.07. The van der Waals surface area contributed by atoms with Crippen LogP contribution >= 0.6 is 25.3 Å². The molecule has 1 atom stereocenters. The van der Waals surface area contributed by atoms with E-state index >= 15 is 0 Å². The zero-order chi connectivity index (χ0) is 16.3. The van der Waals surface area contributed by atoms with Crippen LogP contribution in [0.4, 0.5) is 0 Å². The molecule has 0 saturated heterocycles. The maximum absolute atomic E-state index is 4.72. The summed E-state index contributed by atoms with van der Waals surface area (Å²) in [7, 11) is 0. The van der Waals surface area contributed by atoms with Gasteiger partial charge in [-0.2, -0.15) is 25.3 Å². The Hall–Kier alpha value is 0.700. The maximum Gasteiger partial charge on any atom is 0.00168 e. The quantitative estimate of drug-likeness (QED) is 0.183. The van der Waals surface area contributed by atoms with E-state index in [1.165, 1.54) is 109 Å². The lowest BCUT2D eigenvalue weighted by atomic mass is 10.0. The lowest BCUT2D eigenvalue weighted by Crippen LogP contribution is -1.98. The van der Waals surface area contributed by atoms with Gasteiger partial charge in [0, 0.05) is 5.25 Å². The number of unbranched alkanes of at least 4 members (excludes halogenated alkanes) is 13. The molecule has 0 N–H and O–H groups in total. The standard InChI is InChI=1S/C20H42S2/c1-2-3-4-5-6-7-8-9-10-11-12-14-17-20(22)18-15-13-16-19-21/h20-22H,2-19H2,1H3. The normalized spacial score (nSPS) is 12.7. The van der Waals surface area contributed by atoms with Gasteiger partial charge >= 0.3 is 0 Å². The minimum Gasteiger partial charge on any atom is -0.179 e. The molecule has 0 aromatic carbocycles. The topological polar surface area (TPSA) is 0 Å². The molecule has 2 heteroatoms. The third-order valence-electron chi connectivity index (χ3n) is 4.59. The molecule has 0 nitrogen and oxygen atoms in total. The summed E-state index contributed by atoms with van der Waals surface area (Å²) in [5.74, 6) is 1.04. The maximum atomic E-state index is 4.72. The van der Waals surface area contributed by atoms with Crippen molar-refractivity contribution in [3.05, 3.63) is 0 Å². The summed E-state index contributed by atoms with van der Waals surface area (Å²) in [4.78, 5) is 0. The Labute approximate surface area is 152 Å². The fourth-order valence-electron chi connectivity index (χ4n) is 3.03. The van der Waals surface area contributed by atoms with Gasteiger partial charge in [-0.05, 0) is 25.0 Å². The molecule has 0 radical (unpaired) electrons. The molecule has 0 fully saturated rings. The van der Waals surface area contributed by atoms with Crippen LogP contribution in [0.5, 0.6) is 0 Å². The van der Waals surface area contributed by atoms with Crippen molar-refractivity contribution in [2.45, 2.75) is 121 Å². The summed E-state index contributed by atoms with van der Waals surface area (Å²) in [6.45, 7) is 2.29. The monoisotopic (exact) mass is 346 g/mol. The average Bonchev–Trinajstić information content (AvgIpc) is 2.52. The number of hydrogen-bond donors (Lipinski definition) is 2. The van der Waals surface area contributed by atoms with Crippen LogP contribution in [0.2, 0.25) is 0 Å². The van der Waals surface area contributed by atoms with Crippen molar-refractivity contribution in [2.75, 3.05) is 5.75 Å². The lowest BCUT2D eigenvalue weighted by Gasteiger charge is -2.10. The van der Waals surface area contributed by atoms with Crippen molar-refractivity contribution >= 4 is 25.3 Å². The van der Waals surface area contributed by atoms with Gasteiger partial charge in [-0.1, -0.05) is 96.8 Å². The number of hydrogen-bond acceptors (Lipinski definition) is 2. The van der Waals surface area contributed by atoms with E-state index in [0.717, 1.165) is 5.75 Å². The molecule has 1 unspecified atom stereocenters. The van der Waals surface area contributed by atoms with Gasteiger partial charge < -0.3 is 0 Å². The Bertz CT molecular complexity index is 194. The molecule has 0 spiro atoms. The van der Waals surface area contributed by atoms with Crippen molar-refractivity contribution < 1.29 is 0 Å². The Morgan fingerprint density at radius 2 is 0.909 bits per heavy atom. The first kappa shape index (κ1) is 22.7. The third kappa shape index (κ3) is 18.7. The second-order valence-corrected chi connectivity index (χ2v) is 8.08. The van der Waals surface area contributed by atoms with Crippen LogP contribution in [0.25, 0.3) is 0 Å². The first-order valence-electron chi connectivity index (χ1n) is 10.1. The van der Waals surface area contributed by atoms with E-state index in [0.29, 0.717) is 5.25 Å². The molecule has 0 aromatic heterocycles. The van der Waals surface area contributed by atoms with E-state index in [-0.39, 0.29) is 0 Å². The second kappa shape index (κ2) is 19.7. The van der Waals surface area contributed by atoms with Crippen molar-refractivity contribution in [1.29, 1.82) is 0 Å². The van der Waals surface area contributed by atoms with Crippen LogP contribution < -0.4 is 0 Å². The summed E-state index contributed by atoms with van der Waals surface area (Å²) in [5, 5.41) is 0.642. The van der Waals surface area contributed by atoms with Gasteiger partial charge in [0.25, 0.3) is 0 Å². The number of thiol groups is 2. The summed E-state index contributed by atoms with van der Waals surface area (Å²) in [5.41, 5.74) is 0. The highest BCUT2D eigenvalue weighted by atomic mass is 32.1. The van der Waals surface area contributed by atoms with Crippen LogP contribution in [0, 0.1) is 0 Å². The van der Waals surface area contributed by atoms with Gasteiger partial charge in [0.1, 0.15) is 0 Å². The Kier molecular flexibility index (Phi) is 20.4. The zero-order valence-electron chi connectivity index (χ0n) is 15.2. The van der Waals surface area contributed by atoms with Crippen molar-refractivity contribution in [3.8, 4) is 0 Å². The van der Waals surface area contributed by atoms with Gasteiger partial charge in [0.05, 0.1) is 0 Å². The Morgan fingerprint density at radius 1 is 0.545 bits per heavy atom. The molecule has 0 saturated carbocycles. The van der Waals surface area contributed by atoms with E-state index in [1.807, 2.05) is 0 Å². The first-order valence-corrected chi connectivity index (χ1v) is 11.2. The van der Waals surface area contributed by atoms with Crippen LogP contribution in [-0.4, -0.2) is 11.0 Å². The van der Waals surface area contributed by atoms with E-state index < -0.39 is 0 Å². The van der Waals surface area contributed by atoms with Crippen LogP contribution in [0.15, 0.2) is 0 Å². The molecular formula is C20H42S2. The molecule has 0 aliphatic carbocycles. The van der Waals surface area contributed by atoms with Crippen molar-refractivity contribution in [2.24, 2.45) is 0 Å². The highest BCUT2D eigenvalue weighted by molar-refractivity contribution is 7.81. The number of rotatable bonds is 18. The highest BCUT2D eigenvalue weighted by Crippen LogP contribution is 2.17. The fourth-order valence-corrected chi connectivity index (χ4v) is 3.62. The summed E-state index contributed by atoms with van der Waals surface area (Å²) in [6.07, 6.45) is 23.8. The predicted octanol–water partition coefficient (Wildman–Crippen LogP) is 7.87. The summed E-state index contributed by atoms with van der Waals surface area (Å²) >= 11 is 8.97. The van der Waals surface area contributed by atoms with Crippen LogP contribution in [0.1, 0.15) is 116 Å². The average molecular weight is 347 g/mol. The minimum atomic E-state index is 0.642. The van der Waals surface area contributed by atoms with Crippen LogP contribution in [-0.2, 0) is 0 Å². The van der Waals surface area contributed by atoms with Gasteiger partial charge in [0.15, 0.2) is 0 Å². The molecular weight excluding hydrogens is 304 g/mol. The SMILES string of the molecule is CCCCCCCCCCCCCCC(S)CCCCCS. The molecule has 0 heterocycles. The van der Waals surface area contributed by atoms with Crippen molar-refractivity contribution in [1.82, 2.24) is 0 Å². The summed E-state index contributed by atoms with van der Waals surface area (Å²) in [6, 6.07) is 0. The Morgan fingerprint density at radius 3 is 1.32 bits per heavy atom. The van der Waals surface area contributed by atoms with Gasteiger partial charge in [-0.25, -0.2) is 0 Å². The molecule has 0 aliphatic heterocycles. The molecule has 134 valence electrons. The molecule has 0 rings (SSSR count). The molecule has 0 bridgehead atoms. The van der Waals surface area contributed by atoms with Gasteiger partial charge in [-0.3, -0.25) is 0 Å². The van der Waals surface area contributed by atoms with E-state index in [1.54, 1.807) is 0 Å². The van der Waals surface area contributed by atoms with Gasteiger partial charge in [0.2, 0.25) is 0 Å². The fraction of sp³-hybridized carbons (Fsp3) is 1.00. The van der Waals surface area contributed by atoms with Gasteiger partial charge in [-0.15, -0.1) is 0 Å². The minimum absolute atomic E-state index is 0.642. The lowest BCUT2D eigenvalue weighted by molar-refractivity contribution is 0.531. The zero-order valence-corrected chi connectivity index (χ0v) is 17.0. The molecule has 0 aromatic rings. The third-order valence-corrected chi connectivity index (χ3v) is 5.42. The molecule has 0 aliphatic rings. The highest BCUT2D eigenvalue weighted by Gasteiger charge is 2.02. The smallest absolute Gasteiger partial charge is 0.00168 e. The van der Waals surface area contributed by atoms with E-state index in [2.05, 4.69) is 19.6 Å². The predicted molar refractivity (Wildman–Crippen MR) is 111 cm³/mol. The van der Waals surface area contributed by atoms with E-state index in [9.17, 15) is 0 Å². The molecule has 0 amide bonds. The summed E-state index contributed by atoms with van der Waals surface area (Å²) < 4.78 is 0. The second-order valence-electron chi connectivity index (χ2n) is 6.90. The van der Waals surface area contributed by atoms with Crippen LogP contribution in [0.3, 0.4) is 0 Å². The molecule has 22 heavy (non-hydrogen) atoms. The largest absolute Gasteiger partial charge is 0.179 e. The van der Waals surface area contributed by atoms with E-state index in [4.69, 9.17) is 12.6 Å². The first-order chi connectivity index (χ1) is 10.8. The van der Waals surface area contributed by atoms with Crippen molar-refractivity contribution in [3.63, 3.8) is 0 Å².